The molecule has 0 unspecified atom stereocenters. The SMILES string of the molecule is C[C@]12CC[C@@H]3c4ccc(O)cc4CC[C@@H]3[C@@H]1CCC2=NN=Cc1cccc(F)c1. The Morgan fingerprint density at radius 3 is 2.86 bits per heavy atom. The number of hydrogen-bond acceptors (Lipinski definition) is 3. The van der Waals surface area contributed by atoms with Crippen molar-refractivity contribution in [1.82, 2.24) is 0 Å². The maximum atomic E-state index is 13.4. The zero-order valence-corrected chi connectivity index (χ0v) is 16.8. The molecule has 3 nitrogen and oxygen atoms in total. The molecule has 0 aliphatic heterocycles. The zero-order valence-electron chi connectivity index (χ0n) is 16.8. The van der Waals surface area contributed by atoms with E-state index in [0.29, 0.717) is 23.5 Å². The molecule has 2 saturated carbocycles. The Bertz CT molecular complexity index is 998. The van der Waals surface area contributed by atoms with E-state index in [1.54, 1.807) is 12.3 Å². The van der Waals surface area contributed by atoms with E-state index in [0.717, 1.165) is 24.8 Å². The molecular formula is C25H27FN2O. The van der Waals surface area contributed by atoms with Gasteiger partial charge in [-0.05, 0) is 97.2 Å². The number of aryl methyl sites for hydroxylation is 1. The van der Waals surface area contributed by atoms with Gasteiger partial charge >= 0.3 is 0 Å². The van der Waals surface area contributed by atoms with Crippen LogP contribution in [0.15, 0.2) is 52.7 Å². The minimum absolute atomic E-state index is 0.120. The first-order valence-electron chi connectivity index (χ1n) is 10.7. The van der Waals surface area contributed by atoms with E-state index >= 15 is 0 Å². The van der Waals surface area contributed by atoms with Crippen molar-refractivity contribution < 1.29 is 9.50 Å². The normalized spacial score (nSPS) is 32.2. The smallest absolute Gasteiger partial charge is 0.123 e. The van der Waals surface area contributed by atoms with Crippen molar-refractivity contribution in [2.45, 2.75) is 51.4 Å². The molecule has 0 radical (unpaired) electrons. The summed E-state index contributed by atoms with van der Waals surface area (Å²) in [6.45, 7) is 2.38. The molecular weight excluding hydrogens is 363 g/mol. The van der Waals surface area contributed by atoms with Crippen LogP contribution in [0.3, 0.4) is 0 Å². The lowest BCUT2D eigenvalue weighted by Crippen LogP contribution is -2.42. The van der Waals surface area contributed by atoms with Gasteiger partial charge in [0, 0.05) is 11.1 Å². The summed E-state index contributed by atoms with van der Waals surface area (Å²) in [7, 11) is 0. The molecule has 0 bridgehead atoms. The first-order chi connectivity index (χ1) is 14.0. The summed E-state index contributed by atoms with van der Waals surface area (Å²) in [6.07, 6.45) is 8.40. The Kier molecular flexibility index (Phi) is 4.53. The molecule has 3 aliphatic rings. The number of halogens is 1. The van der Waals surface area contributed by atoms with Gasteiger partial charge in [-0.2, -0.15) is 10.2 Å². The van der Waals surface area contributed by atoms with Crippen molar-refractivity contribution >= 4 is 11.9 Å². The van der Waals surface area contributed by atoms with E-state index in [9.17, 15) is 9.50 Å². The minimum atomic E-state index is -0.251. The quantitative estimate of drug-likeness (QED) is 0.506. The Hall–Kier alpha value is -2.49. The molecule has 4 heteroatoms. The van der Waals surface area contributed by atoms with Gasteiger partial charge in [0.1, 0.15) is 11.6 Å². The number of phenols is 1. The highest BCUT2D eigenvalue weighted by Gasteiger charge is 2.53. The molecule has 5 rings (SSSR count). The van der Waals surface area contributed by atoms with Gasteiger partial charge in [0.15, 0.2) is 0 Å². The Morgan fingerprint density at radius 1 is 1.10 bits per heavy atom. The number of fused-ring (bicyclic) bond motifs is 5. The van der Waals surface area contributed by atoms with Crippen LogP contribution in [0.1, 0.15) is 61.6 Å². The molecule has 3 aliphatic carbocycles. The molecule has 0 heterocycles. The fraction of sp³-hybridized carbons (Fsp3) is 0.440. The highest BCUT2D eigenvalue weighted by atomic mass is 19.1. The van der Waals surface area contributed by atoms with Crippen LogP contribution in [0.2, 0.25) is 0 Å². The van der Waals surface area contributed by atoms with Crippen molar-refractivity contribution in [1.29, 1.82) is 0 Å². The number of nitrogens with zero attached hydrogens (tertiary/aromatic N) is 2. The van der Waals surface area contributed by atoms with Crippen molar-refractivity contribution in [3.63, 3.8) is 0 Å². The second-order valence-electron chi connectivity index (χ2n) is 9.14. The second kappa shape index (κ2) is 7.08. The number of rotatable bonds is 2. The summed E-state index contributed by atoms with van der Waals surface area (Å²) in [4.78, 5) is 0. The van der Waals surface area contributed by atoms with Gasteiger partial charge in [-0.1, -0.05) is 25.1 Å². The third-order valence-corrected chi connectivity index (χ3v) is 7.69. The lowest BCUT2D eigenvalue weighted by atomic mass is 9.55. The third-order valence-electron chi connectivity index (χ3n) is 7.69. The molecule has 4 atom stereocenters. The van der Waals surface area contributed by atoms with Crippen molar-refractivity contribution in [3.8, 4) is 5.75 Å². The maximum Gasteiger partial charge on any atom is 0.123 e. The van der Waals surface area contributed by atoms with Crippen molar-refractivity contribution in [2.24, 2.45) is 27.5 Å². The fourth-order valence-corrected chi connectivity index (χ4v) is 6.27. The number of hydrogen-bond donors (Lipinski definition) is 1. The van der Waals surface area contributed by atoms with Crippen LogP contribution in [0.25, 0.3) is 0 Å². The second-order valence-corrected chi connectivity index (χ2v) is 9.14. The summed E-state index contributed by atoms with van der Waals surface area (Å²) in [5.41, 5.74) is 4.86. The maximum absolute atomic E-state index is 13.4. The van der Waals surface area contributed by atoms with Crippen LogP contribution in [0, 0.1) is 23.1 Å². The van der Waals surface area contributed by atoms with E-state index in [1.165, 1.54) is 48.2 Å². The average Bonchev–Trinajstić information content (AvgIpc) is 3.04. The molecule has 2 aromatic rings. The average molecular weight is 391 g/mol. The van der Waals surface area contributed by atoms with Crippen molar-refractivity contribution in [3.05, 3.63) is 65.0 Å². The number of phenolic OH excluding ortho intramolecular Hbond substituents is 1. The molecule has 0 aromatic heterocycles. The van der Waals surface area contributed by atoms with Gasteiger partial charge in [-0.25, -0.2) is 4.39 Å². The third kappa shape index (κ3) is 3.19. The predicted octanol–water partition coefficient (Wildman–Crippen LogP) is 5.86. The summed E-state index contributed by atoms with van der Waals surface area (Å²) in [5, 5.41) is 18.8. The van der Waals surface area contributed by atoms with Gasteiger partial charge in [0.05, 0.1) is 6.21 Å². The highest BCUT2D eigenvalue weighted by Crippen LogP contribution is 2.60. The van der Waals surface area contributed by atoms with E-state index in [1.807, 2.05) is 18.2 Å². The monoisotopic (exact) mass is 390 g/mol. The van der Waals surface area contributed by atoms with Crippen LogP contribution >= 0.6 is 0 Å². The molecule has 150 valence electrons. The lowest BCUT2D eigenvalue weighted by molar-refractivity contribution is 0.0955. The standard InChI is InChI=1S/C25H27FN2O/c1-25-12-11-21-20-8-6-19(29)14-17(20)5-7-22(21)23(25)9-10-24(25)28-27-15-16-3-2-4-18(26)13-16/h2-4,6,8,13-15,21-23,29H,5,7,9-12H2,1H3/t21-,22+,23+,25+/m1/s1. The Morgan fingerprint density at radius 2 is 2.00 bits per heavy atom. The molecule has 0 amide bonds. The fourth-order valence-electron chi connectivity index (χ4n) is 6.27. The molecule has 0 spiro atoms. The summed E-state index contributed by atoms with van der Waals surface area (Å²) in [5.74, 6) is 2.07. The van der Waals surface area contributed by atoms with E-state index in [4.69, 9.17) is 0 Å². The summed E-state index contributed by atoms with van der Waals surface area (Å²) in [6, 6.07) is 12.4. The molecule has 2 aromatic carbocycles. The van der Waals surface area contributed by atoms with Crippen LogP contribution < -0.4 is 0 Å². The number of benzene rings is 2. The minimum Gasteiger partial charge on any atom is -0.508 e. The zero-order chi connectivity index (χ0) is 20.0. The lowest BCUT2D eigenvalue weighted by Gasteiger charge is -2.49. The number of aromatic hydroxyl groups is 1. The highest BCUT2D eigenvalue weighted by molar-refractivity contribution is 5.93. The van der Waals surface area contributed by atoms with E-state index < -0.39 is 0 Å². The van der Waals surface area contributed by atoms with E-state index in [-0.39, 0.29) is 11.2 Å². The first kappa shape index (κ1) is 18.5. The summed E-state index contributed by atoms with van der Waals surface area (Å²) < 4.78 is 13.4. The molecule has 0 saturated heterocycles. The Labute approximate surface area is 171 Å². The molecule has 2 fully saturated rings. The van der Waals surface area contributed by atoms with Gasteiger partial charge in [0.2, 0.25) is 0 Å². The largest absolute Gasteiger partial charge is 0.508 e. The summed E-state index contributed by atoms with van der Waals surface area (Å²) >= 11 is 0. The van der Waals surface area contributed by atoms with Crippen LogP contribution in [-0.2, 0) is 6.42 Å². The van der Waals surface area contributed by atoms with Crippen molar-refractivity contribution in [2.75, 3.05) is 0 Å². The van der Waals surface area contributed by atoms with Gasteiger partial charge in [-0.15, -0.1) is 0 Å². The van der Waals surface area contributed by atoms with Gasteiger partial charge in [0.25, 0.3) is 0 Å². The van der Waals surface area contributed by atoms with Crippen LogP contribution in [-0.4, -0.2) is 17.0 Å². The van der Waals surface area contributed by atoms with E-state index in [2.05, 4.69) is 23.2 Å². The topological polar surface area (TPSA) is 45.0 Å². The van der Waals surface area contributed by atoms with Crippen LogP contribution in [0.4, 0.5) is 4.39 Å². The van der Waals surface area contributed by atoms with Crippen LogP contribution in [0.5, 0.6) is 5.75 Å². The molecule has 29 heavy (non-hydrogen) atoms. The van der Waals surface area contributed by atoms with Gasteiger partial charge in [-0.3, -0.25) is 0 Å². The predicted molar refractivity (Wildman–Crippen MR) is 114 cm³/mol. The molecule has 1 N–H and O–H groups in total. The first-order valence-corrected chi connectivity index (χ1v) is 10.7. The Balaban J connectivity index is 1.38. The van der Waals surface area contributed by atoms with Gasteiger partial charge < -0.3 is 5.11 Å².